The van der Waals surface area contributed by atoms with Crippen LogP contribution in [-0.2, 0) is 0 Å². The fourth-order valence-electron chi connectivity index (χ4n) is 1.93. The van der Waals surface area contributed by atoms with Gasteiger partial charge in [0.1, 0.15) is 10.9 Å². The van der Waals surface area contributed by atoms with Crippen LogP contribution in [0, 0.1) is 18.3 Å². The Kier molecular flexibility index (Phi) is 3.63. The number of hydrogen-bond donors (Lipinski definition) is 1. The molecule has 1 heterocycles. The van der Waals surface area contributed by atoms with Crippen molar-refractivity contribution in [3.63, 3.8) is 0 Å². The van der Waals surface area contributed by atoms with Gasteiger partial charge in [-0.3, -0.25) is 0 Å². The first-order valence-electron chi connectivity index (χ1n) is 5.64. The van der Waals surface area contributed by atoms with Crippen LogP contribution in [0.5, 0.6) is 11.5 Å². The van der Waals surface area contributed by atoms with Gasteiger partial charge in [-0.15, -0.1) is 11.3 Å². The lowest BCUT2D eigenvalue weighted by Gasteiger charge is -2.12. The first-order chi connectivity index (χ1) is 9.13. The van der Waals surface area contributed by atoms with Crippen LogP contribution in [0.1, 0.15) is 10.4 Å². The van der Waals surface area contributed by atoms with Crippen molar-refractivity contribution in [2.45, 2.75) is 6.92 Å². The molecule has 0 unspecified atom stereocenters. The number of anilines is 1. The van der Waals surface area contributed by atoms with Crippen molar-refractivity contribution in [1.82, 2.24) is 0 Å². The van der Waals surface area contributed by atoms with Crippen molar-refractivity contribution >= 4 is 17.0 Å². The SMILES string of the molecule is COc1cccc(-c2sc(C#N)c(N)c2C)c1OC. The Bertz CT molecular complexity index is 656. The first-order valence-corrected chi connectivity index (χ1v) is 6.46. The highest BCUT2D eigenvalue weighted by Gasteiger charge is 2.18. The van der Waals surface area contributed by atoms with E-state index in [-0.39, 0.29) is 0 Å². The second-order valence-corrected chi connectivity index (χ2v) is 4.97. The monoisotopic (exact) mass is 274 g/mol. The summed E-state index contributed by atoms with van der Waals surface area (Å²) < 4.78 is 10.7. The van der Waals surface area contributed by atoms with Crippen molar-refractivity contribution < 1.29 is 9.47 Å². The Morgan fingerprint density at radius 1 is 1.26 bits per heavy atom. The summed E-state index contributed by atoms with van der Waals surface area (Å²) in [4.78, 5) is 1.46. The molecule has 98 valence electrons. The van der Waals surface area contributed by atoms with Gasteiger partial charge in [0.2, 0.25) is 0 Å². The number of para-hydroxylation sites is 1. The molecule has 0 aliphatic carbocycles. The molecule has 0 spiro atoms. The normalized spacial score (nSPS) is 10.0. The molecule has 0 amide bonds. The topological polar surface area (TPSA) is 68.3 Å². The molecule has 5 heteroatoms. The van der Waals surface area contributed by atoms with E-state index in [0.29, 0.717) is 22.1 Å². The smallest absolute Gasteiger partial charge is 0.169 e. The van der Waals surface area contributed by atoms with Crippen LogP contribution >= 0.6 is 11.3 Å². The summed E-state index contributed by atoms with van der Waals surface area (Å²) in [5, 5.41) is 9.05. The highest BCUT2D eigenvalue weighted by atomic mass is 32.1. The van der Waals surface area contributed by atoms with Gasteiger partial charge < -0.3 is 15.2 Å². The minimum atomic E-state index is 0.525. The molecule has 2 N–H and O–H groups in total. The summed E-state index contributed by atoms with van der Waals surface area (Å²) in [6, 6.07) is 7.77. The highest BCUT2D eigenvalue weighted by Crippen LogP contribution is 2.44. The largest absolute Gasteiger partial charge is 0.493 e. The van der Waals surface area contributed by atoms with E-state index in [2.05, 4.69) is 6.07 Å². The van der Waals surface area contributed by atoms with Crippen LogP contribution < -0.4 is 15.2 Å². The predicted octanol–water partition coefficient (Wildman–Crippen LogP) is 3.19. The molecule has 0 aliphatic rings. The lowest BCUT2D eigenvalue weighted by atomic mass is 10.1. The van der Waals surface area contributed by atoms with Gasteiger partial charge in [0.05, 0.1) is 19.9 Å². The highest BCUT2D eigenvalue weighted by molar-refractivity contribution is 7.16. The Labute approximate surface area is 116 Å². The summed E-state index contributed by atoms with van der Waals surface area (Å²) >= 11 is 1.37. The molecule has 0 bridgehead atoms. The molecule has 0 radical (unpaired) electrons. The molecule has 1 aromatic heterocycles. The number of hydrogen-bond acceptors (Lipinski definition) is 5. The van der Waals surface area contributed by atoms with Crippen molar-refractivity contribution in [3.05, 3.63) is 28.6 Å². The lowest BCUT2D eigenvalue weighted by molar-refractivity contribution is 0.356. The third-order valence-electron chi connectivity index (χ3n) is 2.94. The van der Waals surface area contributed by atoms with Crippen molar-refractivity contribution in [2.24, 2.45) is 0 Å². The van der Waals surface area contributed by atoms with Gasteiger partial charge in [0, 0.05) is 10.4 Å². The van der Waals surface area contributed by atoms with Gasteiger partial charge >= 0.3 is 0 Å². The zero-order chi connectivity index (χ0) is 14.0. The maximum absolute atomic E-state index is 9.05. The molecule has 0 fully saturated rings. The molecule has 0 aliphatic heterocycles. The van der Waals surface area contributed by atoms with E-state index < -0.39 is 0 Å². The van der Waals surface area contributed by atoms with E-state index in [1.165, 1.54) is 11.3 Å². The van der Waals surface area contributed by atoms with E-state index in [1.807, 2.05) is 25.1 Å². The molecule has 2 rings (SSSR count). The Hall–Kier alpha value is -2.19. The fraction of sp³-hybridized carbons (Fsp3) is 0.214. The van der Waals surface area contributed by atoms with Crippen molar-refractivity contribution in [2.75, 3.05) is 20.0 Å². The maximum atomic E-state index is 9.05. The molecule has 2 aromatic rings. The van der Waals surface area contributed by atoms with Crippen molar-refractivity contribution in [3.8, 4) is 28.0 Å². The van der Waals surface area contributed by atoms with Gasteiger partial charge in [0.25, 0.3) is 0 Å². The summed E-state index contributed by atoms with van der Waals surface area (Å²) in [7, 11) is 3.19. The summed E-state index contributed by atoms with van der Waals surface area (Å²) in [5.41, 5.74) is 8.25. The molecule has 1 aromatic carbocycles. The van der Waals surface area contributed by atoms with Gasteiger partial charge in [-0.05, 0) is 24.6 Å². The number of nitriles is 1. The Balaban J connectivity index is 2.69. The zero-order valence-corrected chi connectivity index (χ0v) is 11.8. The quantitative estimate of drug-likeness (QED) is 0.933. The molecule has 0 atom stereocenters. The number of thiophene rings is 1. The zero-order valence-electron chi connectivity index (χ0n) is 11.0. The maximum Gasteiger partial charge on any atom is 0.169 e. The van der Waals surface area contributed by atoms with Gasteiger partial charge in [0.15, 0.2) is 11.5 Å². The first kappa shape index (κ1) is 13.2. The summed E-state index contributed by atoms with van der Waals surface area (Å²) in [5.74, 6) is 1.31. The van der Waals surface area contributed by atoms with Crippen LogP contribution in [0.4, 0.5) is 5.69 Å². The number of nitrogen functional groups attached to an aromatic ring is 1. The van der Waals surface area contributed by atoms with E-state index in [4.69, 9.17) is 20.5 Å². The van der Waals surface area contributed by atoms with Crippen LogP contribution in [-0.4, -0.2) is 14.2 Å². The number of benzene rings is 1. The minimum absolute atomic E-state index is 0.525. The standard InChI is InChI=1S/C14H14N2O2S/c1-8-12(16)11(7-15)19-14(8)9-5-4-6-10(17-2)13(9)18-3/h4-6H,16H2,1-3H3. The number of nitrogens with zero attached hydrogens (tertiary/aromatic N) is 1. The number of ether oxygens (including phenoxy) is 2. The molecular formula is C14H14N2O2S. The van der Waals surface area contributed by atoms with Gasteiger partial charge in [-0.2, -0.15) is 5.26 Å². The average Bonchev–Trinajstić information content (AvgIpc) is 2.73. The van der Waals surface area contributed by atoms with Gasteiger partial charge in [-0.25, -0.2) is 0 Å². The third kappa shape index (κ3) is 2.11. The van der Waals surface area contributed by atoms with Crippen LogP contribution in [0.15, 0.2) is 18.2 Å². The Morgan fingerprint density at radius 2 is 2.00 bits per heavy atom. The third-order valence-corrected chi connectivity index (χ3v) is 4.19. The van der Waals surface area contributed by atoms with Crippen LogP contribution in [0.25, 0.3) is 10.4 Å². The van der Waals surface area contributed by atoms with Crippen molar-refractivity contribution in [1.29, 1.82) is 5.26 Å². The predicted molar refractivity (Wildman–Crippen MR) is 76.7 cm³/mol. The summed E-state index contributed by atoms with van der Waals surface area (Å²) in [6.45, 7) is 1.90. The number of rotatable bonds is 3. The van der Waals surface area contributed by atoms with E-state index in [1.54, 1.807) is 14.2 Å². The number of nitrogens with two attached hydrogens (primary N) is 1. The van der Waals surface area contributed by atoms with Gasteiger partial charge in [-0.1, -0.05) is 6.07 Å². The summed E-state index contributed by atoms with van der Waals surface area (Å²) in [6.07, 6.45) is 0. The molecule has 4 nitrogen and oxygen atoms in total. The molecule has 19 heavy (non-hydrogen) atoms. The molecular weight excluding hydrogens is 260 g/mol. The van der Waals surface area contributed by atoms with E-state index in [0.717, 1.165) is 16.0 Å². The van der Waals surface area contributed by atoms with Crippen LogP contribution in [0.2, 0.25) is 0 Å². The fourth-order valence-corrected chi connectivity index (χ4v) is 2.98. The average molecular weight is 274 g/mol. The van der Waals surface area contributed by atoms with E-state index in [9.17, 15) is 0 Å². The lowest BCUT2D eigenvalue weighted by Crippen LogP contribution is -1.93. The molecule has 0 saturated heterocycles. The number of methoxy groups -OCH3 is 2. The Morgan fingerprint density at radius 3 is 2.53 bits per heavy atom. The van der Waals surface area contributed by atoms with Crippen LogP contribution in [0.3, 0.4) is 0 Å². The second-order valence-electron chi connectivity index (χ2n) is 3.95. The minimum Gasteiger partial charge on any atom is -0.493 e. The van der Waals surface area contributed by atoms with E-state index >= 15 is 0 Å². The molecule has 0 saturated carbocycles. The second kappa shape index (κ2) is 5.21.